The third-order valence-corrected chi connectivity index (χ3v) is 10.4. The van der Waals surface area contributed by atoms with E-state index in [2.05, 4.69) is 0 Å². The largest absolute Gasteiger partial charge is 0.445 e. The number of aliphatic hydroxyl groups excluding tert-OH is 1. The van der Waals surface area contributed by atoms with Crippen LogP contribution < -0.4 is 0 Å². The van der Waals surface area contributed by atoms with E-state index in [4.69, 9.17) is 14.2 Å². The van der Waals surface area contributed by atoms with Crippen LogP contribution in [0, 0.1) is 28.6 Å². The van der Waals surface area contributed by atoms with Gasteiger partial charge in [0.15, 0.2) is 17.1 Å². The van der Waals surface area contributed by atoms with E-state index in [1.165, 1.54) is 19.1 Å². The monoisotopic (exact) mass is 544 g/mol. The molecular weight excluding hydrogens is 513 g/mol. The number of alkyl halides is 3. The zero-order valence-corrected chi connectivity index (χ0v) is 21.7. The Labute approximate surface area is 217 Å². The maximum atomic E-state index is 17.4. The first-order chi connectivity index (χ1) is 17.4. The van der Waals surface area contributed by atoms with Crippen molar-refractivity contribution >= 4 is 28.6 Å². The SMILES string of the molecule is CC1C[C@H]2[C@@H]3C[C@H](F)C4=CC(=O)C=C[C@]4(C)[C@@]3(F)[C@@H](O)C[C@]2(C)[C@@]1(OC(=O)C1OCCO1)C(=O)SCF. The highest BCUT2D eigenvalue weighted by Crippen LogP contribution is 2.72. The average Bonchev–Trinajstić information content (AvgIpc) is 3.45. The van der Waals surface area contributed by atoms with Gasteiger partial charge < -0.3 is 19.3 Å². The topological polar surface area (TPSA) is 99.1 Å². The summed E-state index contributed by atoms with van der Waals surface area (Å²) in [7, 11) is 0. The van der Waals surface area contributed by atoms with Crippen LogP contribution in [0.4, 0.5) is 13.2 Å². The van der Waals surface area contributed by atoms with E-state index < -0.39 is 81.3 Å². The summed E-state index contributed by atoms with van der Waals surface area (Å²) in [5.74, 6) is -3.86. The number of ether oxygens (including phenoxy) is 3. The highest BCUT2D eigenvalue weighted by Gasteiger charge is 2.78. The van der Waals surface area contributed by atoms with Crippen LogP contribution in [0.5, 0.6) is 0 Å². The van der Waals surface area contributed by atoms with Crippen LogP contribution in [0.25, 0.3) is 0 Å². The van der Waals surface area contributed by atoms with Gasteiger partial charge in [0.05, 0.1) is 19.3 Å². The van der Waals surface area contributed by atoms with Gasteiger partial charge in [-0.2, -0.15) is 0 Å². The third-order valence-electron chi connectivity index (χ3n) is 9.73. The number of hydrogen-bond donors (Lipinski definition) is 1. The fourth-order valence-electron chi connectivity index (χ4n) is 8.08. The molecule has 11 heteroatoms. The Morgan fingerprint density at radius 2 is 1.89 bits per heavy atom. The molecule has 0 radical (unpaired) electrons. The van der Waals surface area contributed by atoms with Gasteiger partial charge in [-0.05, 0) is 61.6 Å². The van der Waals surface area contributed by atoms with Crippen molar-refractivity contribution in [3.8, 4) is 0 Å². The second-order valence-electron chi connectivity index (χ2n) is 11.3. The molecule has 1 unspecified atom stereocenters. The molecule has 0 spiro atoms. The van der Waals surface area contributed by atoms with Gasteiger partial charge in [-0.1, -0.05) is 19.9 Å². The summed E-state index contributed by atoms with van der Waals surface area (Å²) >= 11 is 0.346. The molecule has 4 fully saturated rings. The van der Waals surface area contributed by atoms with E-state index >= 15 is 8.78 Å². The normalized spacial score (nSPS) is 47.2. The van der Waals surface area contributed by atoms with Crippen LogP contribution in [0.2, 0.25) is 0 Å². The summed E-state index contributed by atoms with van der Waals surface area (Å²) in [6, 6.07) is -1.07. The summed E-state index contributed by atoms with van der Waals surface area (Å²) < 4.78 is 62.8. The Bertz CT molecular complexity index is 1080. The first-order valence-electron chi connectivity index (χ1n) is 12.5. The Morgan fingerprint density at radius 1 is 1.22 bits per heavy atom. The molecule has 204 valence electrons. The van der Waals surface area contributed by atoms with Gasteiger partial charge in [0.25, 0.3) is 6.29 Å². The van der Waals surface area contributed by atoms with Crippen molar-refractivity contribution in [2.75, 3.05) is 19.2 Å². The lowest BCUT2D eigenvalue weighted by Crippen LogP contribution is -2.70. The van der Waals surface area contributed by atoms with E-state index in [1.54, 1.807) is 13.8 Å². The van der Waals surface area contributed by atoms with E-state index in [0.29, 0.717) is 11.8 Å². The van der Waals surface area contributed by atoms with Crippen molar-refractivity contribution in [3.05, 3.63) is 23.8 Å². The molecule has 4 aliphatic carbocycles. The molecule has 3 saturated carbocycles. The molecule has 5 aliphatic rings. The van der Waals surface area contributed by atoms with Crippen LogP contribution in [0.15, 0.2) is 23.8 Å². The van der Waals surface area contributed by atoms with Gasteiger partial charge in [0.2, 0.25) is 5.12 Å². The standard InChI is InChI=1S/C26H31F3O7S/c1-13-8-15-16-10-18(28)17-9-14(30)4-5-23(17,2)25(16,29)19(31)11-24(15,3)26(13,22(33)37-12-27)36-20(32)21-34-6-7-35-21/h4-5,9,13,15-16,18-19,21,31H,6-8,10-12H2,1-3H3/t13?,15-,16-,18-,19-,23-,24-,25-,26-/m0/s1. The van der Waals surface area contributed by atoms with E-state index in [9.17, 15) is 23.9 Å². The highest BCUT2D eigenvalue weighted by molar-refractivity contribution is 8.13. The molecule has 5 rings (SSSR count). The summed E-state index contributed by atoms with van der Waals surface area (Å²) in [4.78, 5) is 38.6. The van der Waals surface area contributed by atoms with Crippen LogP contribution in [-0.4, -0.2) is 71.0 Å². The lowest BCUT2D eigenvalue weighted by molar-refractivity contribution is -0.235. The smallest absolute Gasteiger partial charge is 0.364 e. The number of carbonyl (C=O) groups excluding carboxylic acids is 3. The van der Waals surface area contributed by atoms with Gasteiger partial charge >= 0.3 is 5.97 Å². The molecule has 1 saturated heterocycles. The van der Waals surface area contributed by atoms with E-state index in [0.717, 1.165) is 6.08 Å². The number of allylic oxidation sites excluding steroid dienone is 4. The summed E-state index contributed by atoms with van der Waals surface area (Å²) in [5.41, 5.74) is -7.21. The minimum Gasteiger partial charge on any atom is -0.445 e. The summed E-state index contributed by atoms with van der Waals surface area (Å²) in [5, 5.41) is 10.7. The molecule has 0 aromatic heterocycles. The number of halogens is 3. The molecular formula is C26H31F3O7S. The second-order valence-corrected chi connectivity index (χ2v) is 12.1. The quantitative estimate of drug-likeness (QED) is 0.538. The van der Waals surface area contributed by atoms with Crippen molar-refractivity contribution in [2.45, 2.75) is 69.9 Å². The van der Waals surface area contributed by atoms with Gasteiger partial charge in [0.1, 0.15) is 12.2 Å². The molecule has 7 nitrogen and oxygen atoms in total. The molecule has 1 aliphatic heterocycles. The number of rotatable bonds is 4. The van der Waals surface area contributed by atoms with Crippen LogP contribution in [0.1, 0.15) is 40.0 Å². The zero-order chi connectivity index (χ0) is 27.0. The number of esters is 1. The number of fused-ring (bicyclic) bond motifs is 5. The highest BCUT2D eigenvalue weighted by atomic mass is 32.2. The molecule has 0 amide bonds. The van der Waals surface area contributed by atoms with Gasteiger partial charge in [0, 0.05) is 22.7 Å². The maximum absolute atomic E-state index is 17.4. The van der Waals surface area contributed by atoms with E-state index in [-0.39, 0.29) is 38.0 Å². The molecule has 1 heterocycles. The fourth-order valence-corrected chi connectivity index (χ4v) is 8.87. The minimum absolute atomic E-state index is 0.00951. The lowest BCUT2D eigenvalue weighted by atomic mass is 9.44. The molecule has 0 aromatic rings. The maximum Gasteiger partial charge on any atom is 0.364 e. The Morgan fingerprint density at radius 3 is 2.54 bits per heavy atom. The molecule has 0 aromatic carbocycles. The van der Waals surface area contributed by atoms with Crippen LogP contribution >= 0.6 is 11.8 Å². The summed E-state index contributed by atoms with van der Waals surface area (Å²) in [6.07, 6.45) is -1.50. The molecule has 1 N–H and O–H groups in total. The minimum atomic E-state index is -2.35. The molecule has 37 heavy (non-hydrogen) atoms. The Kier molecular flexibility index (Phi) is 6.49. The number of carbonyl (C=O) groups is 3. The number of ketones is 1. The van der Waals surface area contributed by atoms with Crippen molar-refractivity contribution in [1.29, 1.82) is 0 Å². The Hall–Kier alpha value is -1.69. The number of aliphatic hydroxyl groups is 1. The van der Waals surface area contributed by atoms with Crippen LogP contribution in [0.3, 0.4) is 0 Å². The van der Waals surface area contributed by atoms with Crippen molar-refractivity contribution in [1.82, 2.24) is 0 Å². The predicted molar refractivity (Wildman–Crippen MR) is 126 cm³/mol. The molecule has 0 bridgehead atoms. The average molecular weight is 545 g/mol. The van der Waals surface area contributed by atoms with Crippen molar-refractivity contribution in [2.24, 2.45) is 28.6 Å². The van der Waals surface area contributed by atoms with Gasteiger partial charge in [-0.15, -0.1) is 0 Å². The van der Waals surface area contributed by atoms with Gasteiger partial charge in [-0.3, -0.25) is 9.59 Å². The first kappa shape index (κ1) is 26.9. The third kappa shape index (κ3) is 3.42. The number of hydrogen-bond acceptors (Lipinski definition) is 8. The lowest BCUT2D eigenvalue weighted by Gasteiger charge is -2.63. The predicted octanol–water partition coefficient (Wildman–Crippen LogP) is 3.39. The van der Waals surface area contributed by atoms with E-state index in [1.807, 2.05) is 0 Å². The van der Waals surface area contributed by atoms with Crippen LogP contribution in [-0.2, 0) is 28.6 Å². The van der Waals surface area contributed by atoms with Crippen molar-refractivity contribution in [3.63, 3.8) is 0 Å². The summed E-state index contributed by atoms with van der Waals surface area (Å²) in [6.45, 7) is 5.09. The number of thioether (sulfide) groups is 1. The fraction of sp³-hybridized carbons (Fsp3) is 0.731. The molecule has 9 atom stereocenters. The first-order valence-corrected chi connectivity index (χ1v) is 13.5. The van der Waals surface area contributed by atoms with Gasteiger partial charge in [-0.25, -0.2) is 18.0 Å². The Balaban J connectivity index is 1.61. The van der Waals surface area contributed by atoms with Crippen molar-refractivity contribution < 1.29 is 46.9 Å². The second kappa shape index (κ2) is 8.93. The zero-order valence-electron chi connectivity index (χ0n) is 20.9.